The van der Waals surface area contributed by atoms with Crippen LogP contribution in [-0.4, -0.2) is 43.1 Å². The van der Waals surface area contributed by atoms with Crippen LogP contribution in [0.15, 0.2) is 30.3 Å². The third-order valence-corrected chi connectivity index (χ3v) is 5.77. The van der Waals surface area contributed by atoms with Gasteiger partial charge in [-0.05, 0) is 42.1 Å². The van der Waals surface area contributed by atoms with Gasteiger partial charge in [-0.2, -0.15) is 0 Å². The van der Waals surface area contributed by atoms with Gasteiger partial charge in [0.15, 0.2) is 23.0 Å². The molecule has 0 bridgehead atoms. The molecule has 0 saturated carbocycles. The summed E-state index contributed by atoms with van der Waals surface area (Å²) in [7, 11) is 5.01. The van der Waals surface area contributed by atoms with E-state index in [0.29, 0.717) is 46.5 Å². The first kappa shape index (κ1) is 25.3. The zero-order chi connectivity index (χ0) is 22.4. The summed E-state index contributed by atoms with van der Waals surface area (Å²) in [6, 6.07) is 9.61. The lowest BCUT2D eigenvalue weighted by molar-refractivity contribution is 0.174. The molecule has 2 aromatic carbocycles. The maximum Gasteiger partial charge on any atom is 0.231 e. The lowest BCUT2D eigenvalue weighted by Gasteiger charge is -2.16. The molecule has 1 aliphatic heterocycles. The Morgan fingerprint density at radius 2 is 1.59 bits per heavy atom. The summed E-state index contributed by atoms with van der Waals surface area (Å²) >= 11 is 0. The predicted molar refractivity (Wildman–Crippen MR) is 136 cm³/mol. The molecule has 0 atom stereocenters. The highest BCUT2D eigenvalue weighted by molar-refractivity contribution is 5.92. The van der Waals surface area contributed by atoms with Gasteiger partial charge in [0.1, 0.15) is 5.82 Å². The molecule has 4 aromatic rings. The number of rotatable bonds is 5. The first-order chi connectivity index (χ1) is 15.5. The van der Waals surface area contributed by atoms with Crippen LogP contribution in [0.3, 0.4) is 0 Å². The third-order valence-electron chi connectivity index (χ3n) is 5.77. The lowest BCUT2D eigenvalue weighted by atomic mass is 9.97. The molecular formula is C24H25Cl2N3O5. The number of methoxy groups -OCH3 is 2. The summed E-state index contributed by atoms with van der Waals surface area (Å²) in [5, 5.41) is 16.6. The number of nitrogens with zero attached hydrogens (tertiary/aromatic N) is 2. The van der Waals surface area contributed by atoms with Gasteiger partial charge in [0, 0.05) is 41.6 Å². The van der Waals surface area contributed by atoms with Gasteiger partial charge < -0.3 is 29.4 Å². The van der Waals surface area contributed by atoms with Crippen LogP contribution in [0.4, 0.5) is 5.82 Å². The van der Waals surface area contributed by atoms with Gasteiger partial charge in [-0.25, -0.2) is 9.97 Å². The van der Waals surface area contributed by atoms with Crippen LogP contribution in [0.1, 0.15) is 16.8 Å². The van der Waals surface area contributed by atoms with Crippen LogP contribution in [-0.2, 0) is 6.42 Å². The number of hydrogen-bond donors (Lipinski definition) is 2. The molecule has 0 saturated heterocycles. The monoisotopic (exact) mass is 505 g/mol. The van der Waals surface area contributed by atoms with E-state index in [1.165, 1.54) is 0 Å². The Morgan fingerprint density at radius 3 is 2.24 bits per heavy atom. The van der Waals surface area contributed by atoms with Crippen molar-refractivity contribution in [1.29, 1.82) is 0 Å². The minimum atomic E-state index is -0.0185. The van der Waals surface area contributed by atoms with Crippen molar-refractivity contribution in [2.24, 2.45) is 0 Å². The molecule has 3 heterocycles. The average molecular weight is 506 g/mol. The second kappa shape index (κ2) is 9.87. The second-order valence-corrected chi connectivity index (χ2v) is 7.57. The fourth-order valence-electron chi connectivity index (χ4n) is 4.16. The number of halogens is 2. The number of aryl methyl sites for hydroxylation is 1. The lowest BCUT2D eigenvalue weighted by Crippen LogP contribution is -2.03. The summed E-state index contributed by atoms with van der Waals surface area (Å²) in [6.45, 7) is 2.06. The van der Waals surface area contributed by atoms with Crippen molar-refractivity contribution in [1.82, 2.24) is 9.97 Å². The summed E-state index contributed by atoms with van der Waals surface area (Å²) in [5.41, 5.74) is 3.10. The number of benzene rings is 2. The summed E-state index contributed by atoms with van der Waals surface area (Å²) in [6.07, 6.45) is 0.415. The van der Waals surface area contributed by atoms with E-state index in [0.717, 1.165) is 27.2 Å². The van der Waals surface area contributed by atoms with E-state index in [9.17, 15) is 5.11 Å². The number of anilines is 1. The van der Waals surface area contributed by atoms with Crippen LogP contribution >= 0.6 is 24.8 Å². The Morgan fingerprint density at radius 1 is 0.941 bits per heavy atom. The average Bonchev–Trinajstić information content (AvgIpc) is 3.26. The van der Waals surface area contributed by atoms with E-state index >= 15 is 0 Å². The molecule has 5 rings (SSSR count). The van der Waals surface area contributed by atoms with Gasteiger partial charge in [0.25, 0.3) is 0 Å². The Balaban J connectivity index is 0.00000162. The number of aromatic hydroxyl groups is 1. The van der Waals surface area contributed by atoms with Crippen molar-refractivity contribution >= 4 is 52.3 Å². The van der Waals surface area contributed by atoms with Gasteiger partial charge in [-0.3, -0.25) is 0 Å². The van der Waals surface area contributed by atoms with Crippen LogP contribution in [0.5, 0.6) is 28.9 Å². The fraction of sp³-hybridized carbons (Fsp3) is 0.250. The highest BCUT2D eigenvalue weighted by Gasteiger charge is 2.20. The van der Waals surface area contributed by atoms with Crippen molar-refractivity contribution < 1.29 is 24.1 Å². The molecule has 8 nitrogen and oxygen atoms in total. The summed E-state index contributed by atoms with van der Waals surface area (Å²) in [4.78, 5) is 9.14. The molecule has 1 aliphatic rings. The Hall–Kier alpha value is -3.36. The Labute approximate surface area is 209 Å². The number of ether oxygens (including phenoxy) is 4. The van der Waals surface area contributed by atoms with Crippen molar-refractivity contribution in [3.63, 3.8) is 0 Å². The van der Waals surface area contributed by atoms with Crippen LogP contribution in [0.2, 0.25) is 0 Å². The molecule has 0 unspecified atom stereocenters. The highest BCUT2D eigenvalue weighted by Crippen LogP contribution is 2.40. The Bertz CT molecular complexity index is 1380. The highest BCUT2D eigenvalue weighted by atomic mass is 35.5. The van der Waals surface area contributed by atoms with Crippen LogP contribution < -0.4 is 24.3 Å². The van der Waals surface area contributed by atoms with Crippen molar-refractivity contribution in [2.75, 3.05) is 33.4 Å². The number of hydrogen-bond acceptors (Lipinski definition) is 8. The number of nitrogens with one attached hydrogen (secondary N) is 1. The number of aromatic nitrogens is 2. The first-order valence-electron chi connectivity index (χ1n) is 10.2. The van der Waals surface area contributed by atoms with E-state index in [1.807, 2.05) is 44.3 Å². The quantitative estimate of drug-likeness (QED) is 0.390. The minimum absolute atomic E-state index is 0. The second-order valence-electron chi connectivity index (χ2n) is 7.57. The third kappa shape index (κ3) is 4.15. The molecule has 0 spiro atoms. The minimum Gasteiger partial charge on any atom is -0.493 e. The van der Waals surface area contributed by atoms with E-state index in [-0.39, 0.29) is 37.5 Å². The van der Waals surface area contributed by atoms with Crippen molar-refractivity contribution in [3.05, 3.63) is 47.2 Å². The molecular weight excluding hydrogens is 481 g/mol. The molecule has 180 valence electrons. The van der Waals surface area contributed by atoms with Gasteiger partial charge in [-0.15, -0.1) is 24.8 Å². The van der Waals surface area contributed by atoms with E-state index in [1.54, 1.807) is 14.2 Å². The SMILES string of the molecule is CNc1nc2cc3c(cc2cc1Cc1c(O)nc(C)c2cc(OC)c(OC)cc12)OCO3.Cl.Cl. The summed E-state index contributed by atoms with van der Waals surface area (Å²) in [5.74, 6) is 3.28. The van der Waals surface area contributed by atoms with E-state index in [4.69, 9.17) is 23.9 Å². The standard InChI is InChI=1S/C24H23N3O5.2ClH/c1-12-15-8-19(29-3)20(30-4)9-16(15)17(24(28)26-12)6-14-5-13-7-21-22(32-11-31-21)10-18(13)27-23(14)25-2;;/h5,7-10H,6,11H2,1-4H3,(H,25,27)(H,26,28);2*1H. The molecule has 10 heteroatoms. The maximum absolute atomic E-state index is 10.8. The topological polar surface area (TPSA) is 95.0 Å². The van der Waals surface area contributed by atoms with Crippen molar-refractivity contribution in [3.8, 4) is 28.9 Å². The molecule has 2 N–H and O–H groups in total. The van der Waals surface area contributed by atoms with E-state index < -0.39 is 0 Å². The zero-order valence-corrected chi connectivity index (χ0v) is 20.7. The van der Waals surface area contributed by atoms with Crippen LogP contribution in [0.25, 0.3) is 21.7 Å². The zero-order valence-electron chi connectivity index (χ0n) is 19.1. The smallest absolute Gasteiger partial charge is 0.231 e. The molecule has 2 aromatic heterocycles. The maximum atomic E-state index is 10.8. The van der Waals surface area contributed by atoms with Gasteiger partial charge in [-0.1, -0.05) is 0 Å². The first-order valence-corrected chi connectivity index (χ1v) is 10.2. The number of fused-ring (bicyclic) bond motifs is 3. The largest absolute Gasteiger partial charge is 0.493 e. The predicted octanol–water partition coefficient (Wildman–Crippen LogP) is 5.02. The van der Waals surface area contributed by atoms with Gasteiger partial charge in [0.05, 0.1) is 19.7 Å². The molecule has 34 heavy (non-hydrogen) atoms. The van der Waals surface area contributed by atoms with Gasteiger partial charge in [0.2, 0.25) is 12.7 Å². The Kier molecular flexibility index (Phi) is 7.33. The molecule has 0 radical (unpaired) electrons. The normalized spacial score (nSPS) is 11.6. The number of pyridine rings is 2. The molecule has 0 amide bonds. The van der Waals surface area contributed by atoms with Crippen molar-refractivity contribution in [2.45, 2.75) is 13.3 Å². The van der Waals surface area contributed by atoms with Gasteiger partial charge >= 0.3 is 0 Å². The van der Waals surface area contributed by atoms with E-state index in [2.05, 4.69) is 10.3 Å². The fourth-order valence-corrected chi connectivity index (χ4v) is 4.16. The molecule has 0 aliphatic carbocycles. The van der Waals surface area contributed by atoms with Crippen LogP contribution in [0, 0.1) is 6.92 Å². The summed E-state index contributed by atoms with van der Waals surface area (Å²) < 4.78 is 21.9. The molecule has 0 fully saturated rings.